The van der Waals surface area contributed by atoms with Gasteiger partial charge in [0.2, 0.25) is 6.79 Å². The molecule has 1 aliphatic heterocycles. The van der Waals surface area contributed by atoms with Crippen molar-refractivity contribution in [3.63, 3.8) is 0 Å². The molecular formula is C16H22BrNO3. The predicted octanol–water partition coefficient (Wildman–Crippen LogP) is 3.62. The molecule has 0 aromatic heterocycles. The summed E-state index contributed by atoms with van der Waals surface area (Å²) in [7, 11) is 0. The molecule has 0 atom stereocenters. The molecule has 3 rings (SSSR count). The van der Waals surface area contributed by atoms with Gasteiger partial charge in [-0.05, 0) is 30.5 Å². The maximum atomic E-state index is 5.91. The van der Waals surface area contributed by atoms with E-state index in [1.54, 1.807) is 0 Å². The van der Waals surface area contributed by atoms with Gasteiger partial charge in [0.25, 0.3) is 0 Å². The van der Waals surface area contributed by atoms with Gasteiger partial charge in [-0.3, -0.25) is 0 Å². The van der Waals surface area contributed by atoms with Gasteiger partial charge < -0.3 is 19.5 Å². The van der Waals surface area contributed by atoms with E-state index in [2.05, 4.69) is 21.2 Å². The van der Waals surface area contributed by atoms with Crippen molar-refractivity contribution in [2.45, 2.75) is 44.8 Å². The molecule has 1 saturated carbocycles. The SMILES string of the molecule is Brc1cc2c(cc1CNCCOC1CCCCC1)OCO2. The summed E-state index contributed by atoms with van der Waals surface area (Å²) in [5.74, 6) is 1.64. The van der Waals surface area contributed by atoms with Crippen LogP contribution in [0, 0.1) is 0 Å². The molecule has 2 aliphatic rings. The lowest BCUT2D eigenvalue weighted by Crippen LogP contribution is -2.24. The number of hydrogen-bond acceptors (Lipinski definition) is 4. The predicted molar refractivity (Wildman–Crippen MR) is 84.8 cm³/mol. The van der Waals surface area contributed by atoms with Crippen LogP contribution >= 0.6 is 15.9 Å². The minimum atomic E-state index is 0.313. The molecule has 116 valence electrons. The molecule has 21 heavy (non-hydrogen) atoms. The van der Waals surface area contributed by atoms with Crippen LogP contribution in [0.5, 0.6) is 11.5 Å². The Morgan fingerprint density at radius 3 is 2.71 bits per heavy atom. The van der Waals surface area contributed by atoms with Crippen LogP contribution in [0.4, 0.5) is 0 Å². The second kappa shape index (κ2) is 7.47. The highest BCUT2D eigenvalue weighted by Gasteiger charge is 2.16. The van der Waals surface area contributed by atoms with Gasteiger partial charge in [0.1, 0.15) is 0 Å². The number of hydrogen-bond donors (Lipinski definition) is 1. The lowest BCUT2D eigenvalue weighted by atomic mass is 9.98. The zero-order valence-electron chi connectivity index (χ0n) is 12.2. The Hall–Kier alpha value is -0.780. The molecule has 1 fully saturated rings. The quantitative estimate of drug-likeness (QED) is 0.791. The van der Waals surface area contributed by atoms with Crippen LogP contribution in [0.25, 0.3) is 0 Å². The Balaban J connectivity index is 1.39. The molecule has 1 N–H and O–H groups in total. The van der Waals surface area contributed by atoms with E-state index < -0.39 is 0 Å². The maximum Gasteiger partial charge on any atom is 0.231 e. The van der Waals surface area contributed by atoms with E-state index in [9.17, 15) is 0 Å². The fraction of sp³-hybridized carbons (Fsp3) is 0.625. The molecule has 0 saturated heterocycles. The van der Waals surface area contributed by atoms with E-state index >= 15 is 0 Å². The molecule has 1 aromatic carbocycles. The van der Waals surface area contributed by atoms with Crippen LogP contribution < -0.4 is 14.8 Å². The molecule has 1 aliphatic carbocycles. The topological polar surface area (TPSA) is 39.7 Å². The highest BCUT2D eigenvalue weighted by Crippen LogP contribution is 2.36. The minimum absolute atomic E-state index is 0.313. The van der Waals surface area contributed by atoms with Crippen molar-refractivity contribution in [3.05, 3.63) is 22.2 Å². The van der Waals surface area contributed by atoms with Crippen molar-refractivity contribution >= 4 is 15.9 Å². The summed E-state index contributed by atoms with van der Waals surface area (Å²) < 4.78 is 17.7. The summed E-state index contributed by atoms with van der Waals surface area (Å²) in [6.45, 7) is 2.77. The van der Waals surface area contributed by atoms with Crippen LogP contribution in [-0.4, -0.2) is 26.0 Å². The fourth-order valence-corrected chi connectivity index (χ4v) is 3.31. The lowest BCUT2D eigenvalue weighted by molar-refractivity contribution is 0.0302. The maximum absolute atomic E-state index is 5.91. The van der Waals surface area contributed by atoms with Crippen LogP contribution in [0.15, 0.2) is 16.6 Å². The number of ether oxygens (including phenoxy) is 3. The number of halogens is 1. The van der Waals surface area contributed by atoms with Crippen LogP contribution in [0.2, 0.25) is 0 Å². The molecule has 0 spiro atoms. The summed E-state index contributed by atoms with van der Waals surface area (Å²) >= 11 is 3.57. The Morgan fingerprint density at radius 1 is 1.14 bits per heavy atom. The molecule has 1 aromatic rings. The molecule has 4 nitrogen and oxygen atoms in total. The normalized spacial score (nSPS) is 18.1. The highest BCUT2D eigenvalue weighted by atomic mass is 79.9. The van der Waals surface area contributed by atoms with Gasteiger partial charge in [-0.25, -0.2) is 0 Å². The van der Waals surface area contributed by atoms with Crippen molar-refractivity contribution in [2.75, 3.05) is 19.9 Å². The summed E-state index contributed by atoms with van der Waals surface area (Å²) in [6.07, 6.45) is 6.96. The summed E-state index contributed by atoms with van der Waals surface area (Å²) in [5.41, 5.74) is 1.18. The lowest BCUT2D eigenvalue weighted by Gasteiger charge is -2.22. The second-order valence-corrected chi connectivity index (χ2v) is 6.46. The Labute approximate surface area is 134 Å². The van der Waals surface area contributed by atoms with Crippen molar-refractivity contribution in [1.29, 1.82) is 0 Å². The van der Waals surface area contributed by atoms with Crippen LogP contribution in [0.1, 0.15) is 37.7 Å². The summed E-state index contributed by atoms with van der Waals surface area (Å²) in [4.78, 5) is 0. The number of benzene rings is 1. The zero-order valence-corrected chi connectivity index (χ0v) is 13.8. The summed E-state index contributed by atoms with van der Waals surface area (Å²) in [6, 6.07) is 4.00. The number of fused-ring (bicyclic) bond motifs is 1. The standard InChI is InChI=1S/C16H22BrNO3/c17-14-9-16-15(20-11-21-16)8-12(14)10-18-6-7-19-13-4-2-1-3-5-13/h8-9,13,18H,1-7,10-11H2. The fourth-order valence-electron chi connectivity index (χ4n) is 2.85. The van der Waals surface area contributed by atoms with Crippen LogP contribution in [0.3, 0.4) is 0 Å². The molecule has 5 heteroatoms. The number of nitrogens with one attached hydrogen (secondary N) is 1. The third-order valence-electron chi connectivity index (χ3n) is 4.04. The molecule has 0 radical (unpaired) electrons. The van der Waals surface area contributed by atoms with Crippen LogP contribution in [-0.2, 0) is 11.3 Å². The van der Waals surface area contributed by atoms with Gasteiger partial charge in [0, 0.05) is 17.6 Å². The molecule has 0 unspecified atom stereocenters. The Bertz CT molecular complexity index is 475. The molecule has 0 bridgehead atoms. The van der Waals surface area contributed by atoms with Gasteiger partial charge in [0.05, 0.1) is 12.7 Å². The molecule has 1 heterocycles. The van der Waals surface area contributed by atoms with Gasteiger partial charge >= 0.3 is 0 Å². The Morgan fingerprint density at radius 2 is 1.90 bits per heavy atom. The first kappa shape index (κ1) is 15.1. The average molecular weight is 356 g/mol. The van der Waals surface area contributed by atoms with Crippen molar-refractivity contribution < 1.29 is 14.2 Å². The Kier molecular flexibility index (Phi) is 5.38. The van der Waals surface area contributed by atoms with E-state index in [0.717, 1.165) is 35.7 Å². The second-order valence-electron chi connectivity index (χ2n) is 5.60. The van der Waals surface area contributed by atoms with Gasteiger partial charge in [0.15, 0.2) is 11.5 Å². The van der Waals surface area contributed by atoms with E-state index in [-0.39, 0.29) is 0 Å². The highest BCUT2D eigenvalue weighted by molar-refractivity contribution is 9.10. The van der Waals surface area contributed by atoms with E-state index in [1.807, 2.05) is 12.1 Å². The van der Waals surface area contributed by atoms with E-state index in [0.29, 0.717) is 12.9 Å². The third kappa shape index (κ3) is 4.11. The van der Waals surface area contributed by atoms with Gasteiger partial charge in [-0.1, -0.05) is 35.2 Å². The third-order valence-corrected chi connectivity index (χ3v) is 4.78. The first-order chi connectivity index (χ1) is 10.3. The van der Waals surface area contributed by atoms with Crippen molar-refractivity contribution in [2.24, 2.45) is 0 Å². The van der Waals surface area contributed by atoms with Gasteiger partial charge in [-0.2, -0.15) is 0 Å². The molecular weight excluding hydrogens is 334 g/mol. The monoisotopic (exact) mass is 355 g/mol. The largest absolute Gasteiger partial charge is 0.454 e. The van der Waals surface area contributed by atoms with Crippen molar-refractivity contribution in [3.8, 4) is 11.5 Å². The van der Waals surface area contributed by atoms with E-state index in [1.165, 1.54) is 37.7 Å². The zero-order chi connectivity index (χ0) is 14.5. The first-order valence-corrected chi connectivity index (χ1v) is 8.52. The average Bonchev–Trinajstić information content (AvgIpc) is 2.95. The smallest absolute Gasteiger partial charge is 0.231 e. The summed E-state index contributed by atoms with van der Waals surface area (Å²) in [5, 5.41) is 3.42. The van der Waals surface area contributed by atoms with Gasteiger partial charge in [-0.15, -0.1) is 0 Å². The molecule has 0 amide bonds. The van der Waals surface area contributed by atoms with E-state index in [4.69, 9.17) is 14.2 Å². The van der Waals surface area contributed by atoms with Crippen molar-refractivity contribution in [1.82, 2.24) is 5.32 Å². The number of rotatable bonds is 6. The first-order valence-electron chi connectivity index (χ1n) is 7.73. The minimum Gasteiger partial charge on any atom is -0.454 e.